The zero-order valence-corrected chi connectivity index (χ0v) is 37.6. The first-order chi connectivity index (χ1) is 32.0. The van der Waals surface area contributed by atoms with Crippen LogP contribution in [0.15, 0.2) is 249 Å². The zero-order valence-electron chi connectivity index (χ0n) is 36.6. The maximum atomic E-state index is 2.46. The predicted molar refractivity (Wildman–Crippen MR) is 280 cm³/mol. The van der Waals surface area contributed by atoms with Crippen molar-refractivity contribution in [1.82, 2.24) is 0 Å². The van der Waals surface area contributed by atoms with Crippen molar-refractivity contribution in [3.8, 4) is 22.3 Å². The lowest BCUT2D eigenvalue weighted by Crippen LogP contribution is -2.74. The van der Waals surface area contributed by atoms with E-state index >= 15 is 0 Å². The van der Waals surface area contributed by atoms with Crippen molar-refractivity contribution >= 4 is 78.2 Å². The van der Waals surface area contributed by atoms with Gasteiger partial charge >= 0.3 is 0 Å². The Morgan fingerprint density at radius 2 is 0.708 bits per heavy atom. The molecule has 0 fully saturated rings. The number of benzene rings is 11. The Balaban J connectivity index is 0.923. The number of nitrogens with zero attached hydrogens (tertiary/aromatic N) is 1. The summed E-state index contributed by atoms with van der Waals surface area (Å²) in [7, 11) is -2.60. The summed E-state index contributed by atoms with van der Waals surface area (Å²) < 4.78 is 0. The molecule has 0 radical (unpaired) electrons. The molecule has 0 saturated carbocycles. The highest BCUT2D eigenvalue weighted by Gasteiger charge is 2.41. The van der Waals surface area contributed by atoms with Gasteiger partial charge in [0.1, 0.15) is 0 Å². The highest BCUT2D eigenvalue weighted by Crippen LogP contribution is 2.52. The highest BCUT2D eigenvalue weighted by molar-refractivity contribution is 7.19. The Hall–Kier alpha value is -7.78. The summed E-state index contributed by atoms with van der Waals surface area (Å²) in [5, 5.41) is 13.4. The largest absolute Gasteiger partial charge is 0.310 e. The van der Waals surface area contributed by atoms with Crippen LogP contribution in [0.2, 0.25) is 0 Å². The normalized spacial score (nSPS) is 12.9. The van der Waals surface area contributed by atoms with Gasteiger partial charge in [-0.3, -0.25) is 0 Å². The Morgan fingerprint density at radius 1 is 0.292 bits per heavy atom. The SMILES string of the molecule is CC1(C)c2cc(-c3ccc4ccccc4c3)cc3ccc4cc(N(c5ccccc5)c5ccc(-c6ccc([Si](c7ccccc7)(c7ccccc7)c7ccccc7)cc6)cc5)cc1c4c23. The first-order valence-electron chi connectivity index (χ1n) is 22.7. The fourth-order valence-electron chi connectivity index (χ4n) is 10.9. The van der Waals surface area contributed by atoms with E-state index in [1.807, 2.05) is 0 Å². The van der Waals surface area contributed by atoms with E-state index < -0.39 is 8.07 Å². The van der Waals surface area contributed by atoms with Gasteiger partial charge in [0, 0.05) is 22.5 Å². The van der Waals surface area contributed by atoms with E-state index in [1.54, 1.807) is 0 Å². The van der Waals surface area contributed by atoms with Crippen molar-refractivity contribution in [2.45, 2.75) is 19.3 Å². The van der Waals surface area contributed by atoms with Crippen LogP contribution in [0.25, 0.3) is 54.6 Å². The van der Waals surface area contributed by atoms with Crippen molar-refractivity contribution in [1.29, 1.82) is 0 Å². The minimum Gasteiger partial charge on any atom is -0.310 e. The van der Waals surface area contributed by atoms with Gasteiger partial charge in [-0.05, 0) is 141 Å². The van der Waals surface area contributed by atoms with E-state index in [4.69, 9.17) is 0 Å². The Bertz CT molecular complexity index is 3430. The molecule has 0 amide bonds. The maximum absolute atomic E-state index is 2.60. The fourth-order valence-corrected chi connectivity index (χ4v) is 15.7. The number of fused-ring (bicyclic) bond motifs is 1. The molecule has 1 nitrogen and oxygen atoms in total. The number of anilines is 3. The zero-order chi connectivity index (χ0) is 43.5. The average molecular weight is 846 g/mol. The second kappa shape index (κ2) is 15.5. The van der Waals surface area contributed by atoms with Crippen LogP contribution >= 0.6 is 0 Å². The van der Waals surface area contributed by atoms with Gasteiger partial charge in [-0.2, -0.15) is 0 Å². The third-order valence-corrected chi connectivity index (χ3v) is 18.9. The Kier molecular flexibility index (Phi) is 9.26. The van der Waals surface area contributed by atoms with Gasteiger partial charge < -0.3 is 4.90 Å². The van der Waals surface area contributed by atoms with Crippen molar-refractivity contribution in [3.63, 3.8) is 0 Å². The monoisotopic (exact) mass is 845 g/mol. The van der Waals surface area contributed by atoms with E-state index in [0.29, 0.717) is 0 Å². The van der Waals surface area contributed by atoms with Crippen molar-refractivity contribution in [2.24, 2.45) is 0 Å². The average Bonchev–Trinajstić information content (AvgIpc) is 3.60. The summed E-state index contributed by atoms with van der Waals surface area (Å²) in [5.74, 6) is 0. The highest BCUT2D eigenvalue weighted by atomic mass is 28.3. The Labute approximate surface area is 382 Å². The molecule has 0 saturated heterocycles. The second-order valence-electron chi connectivity index (χ2n) is 18.1. The quantitative estimate of drug-likeness (QED) is 0.0795. The van der Waals surface area contributed by atoms with Gasteiger partial charge in [-0.1, -0.05) is 208 Å². The molecule has 1 aliphatic rings. The van der Waals surface area contributed by atoms with Crippen LogP contribution in [-0.2, 0) is 5.41 Å². The molecule has 0 aromatic heterocycles. The Morgan fingerprint density at radius 3 is 1.29 bits per heavy atom. The second-order valence-corrected chi connectivity index (χ2v) is 21.9. The maximum Gasteiger partial charge on any atom is 0.179 e. The van der Waals surface area contributed by atoms with Gasteiger partial charge in [0.2, 0.25) is 0 Å². The van der Waals surface area contributed by atoms with Gasteiger partial charge in [-0.25, -0.2) is 0 Å². The van der Waals surface area contributed by atoms with Crippen LogP contribution in [0.3, 0.4) is 0 Å². The molecule has 2 heteroatoms. The van der Waals surface area contributed by atoms with Gasteiger partial charge in [0.25, 0.3) is 0 Å². The molecular weight excluding hydrogens is 799 g/mol. The van der Waals surface area contributed by atoms with E-state index in [-0.39, 0.29) is 5.41 Å². The summed E-state index contributed by atoms with van der Waals surface area (Å²) in [6, 6.07) is 92.7. The predicted octanol–water partition coefficient (Wildman–Crippen LogP) is 14.0. The molecule has 0 aliphatic heterocycles. The van der Waals surface area contributed by atoms with E-state index in [0.717, 1.165) is 17.1 Å². The molecule has 65 heavy (non-hydrogen) atoms. The number of rotatable bonds is 9. The number of hydrogen-bond donors (Lipinski definition) is 0. The third kappa shape index (κ3) is 6.36. The van der Waals surface area contributed by atoms with Crippen molar-refractivity contribution in [3.05, 3.63) is 260 Å². The van der Waals surface area contributed by atoms with Crippen LogP contribution in [0, 0.1) is 0 Å². The van der Waals surface area contributed by atoms with Gasteiger partial charge in [0.05, 0.1) is 0 Å². The molecule has 308 valence electrons. The molecule has 11 aromatic carbocycles. The summed E-state index contributed by atoms with van der Waals surface area (Å²) in [5.41, 5.74) is 10.9. The lowest BCUT2D eigenvalue weighted by atomic mass is 9.80. The third-order valence-electron chi connectivity index (χ3n) is 14.1. The minimum absolute atomic E-state index is 0.191. The molecule has 0 unspecified atom stereocenters. The molecule has 11 aromatic rings. The first kappa shape index (κ1) is 38.9. The lowest BCUT2D eigenvalue weighted by Gasteiger charge is -2.34. The summed E-state index contributed by atoms with van der Waals surface area (Å²) >= 11 is 0. The van der Waals surface area contributed by atoms with Crippen LogP contribution in [0.4, 0.5) is 17.1 Å². The molecule has 0 bridgehead atoms. The topological polar surface area (TPSA) is 3.24 Å². The molecule has 0 heterocycles. The van der Waals surface area contributed by atoms with E-state index in [2.05, 4.69) is 267 Å². The number of hydrogen-bond acceptors (Lipinski definition) is 1. The van der Waals surface area contributed by atoms with Crippen LogP contribution in [0.5, 0.6) is 0 Å². The van der Waals surface area contributed by atoms with Crippen LogP contribution in [0.1, 0.15) is 25.0 Å². The van der Waals surface area contributed by atoms with Crippen molar-refractivity contribution in [2.75, 3.05) is 4.90 Å². The molecule has 0 N–H and O–H groups in total. The smallest absolute Gasteiger partial charge is 0.179 e. The van der Waals surface area contributed by atoms with E-state index in [9.17, 15) is 0 Å². The van der Waals surface area contributed by atoms with Crippen LogP contribution < -0.4 is 25.6 Å². The molecule has 12 rings (SSSR count). The van der Waals surface area contributed by atoms with Gasteiger partial charge in [0.15, 0.2) is 8.07 Å². The molecule has 1 aliphatic carbocycles. The summed E-state index contributed by atoms with van der Waals surface area (Å²) in [4.78, 5) is 2.42. The van der Waals surface area contributed by atoms with E-state index in [1.165, 1.54) is 86.4 Å². The summed E-state index contributed by atoms with van der Waals surface area (Å²) in [6.45, 7) is 4.81. The van der Waals surface area contributed by atoms with Crippen LogP contribution in [-0.4, -0.2) is 8.07 Å². The molecular formula is C63H47NSi. The number of para-hydroxylation sites is 1. The lowest BCUT2D eigenvalue weighted by molar-refractivity contribution is 0.663. The van der Waals surface area contributed by atoms with Gasteiger partial charge in [-0.15, -0.1) is 0 Å². The van der Waals surface area contributed by atoms with Crippen molar-refractivity contribution < 1.29 is 0 Å². The molecule has 0 spiro atoms. The summed E-state index contributed by atoms with van der Waals surface area (Å²) in [6.07, 6.45) is 0. The standard InChI is InChI=1S/C63H47NSi/c1-63(2)59-42-51(48-28-27-44-17-15-16-18-47(44)39-48)40-49-29-30-50-41-54(43-60(63)62(50)61(49)59)64(52-19-7-3-8-20-52)53-35-31-45(32-36-53)46-33-37-58(38-34-46)65(55-21-9-4-10-22-55,56-23-11-5-12-24-56)57-25-13-6-14-26-57/h3-43H,1-2H3. The minimum atomic E-state index is -2.60. The first-order valence-corrected chi connectivity index (χ1v) is 24.7. The fraction of sp³-hybridized carbons (Fsp3) is 0.0476. The molecule has 0 atom stereocenters.